The predicted octanol–water partition coefficient (Wildman–Crippen LogP) is 6.73. The van der Waals surface area contributed by atoms with Crippen LogP contribution in [0.1, 0.15) is 11.1 Å². The van der Waals surface area contributed by atoms with Gasteiger partial charge < -0.3 is 0 Å². The fourth-order valence-electron chi connectivity index (χ4n) is 3.04. The smallest absolute Gasteiger partial charge is 0.225 e. The molecular formula is C17H7Cl2F9N. The maximum absolute atomic E-state index is 15.5. The van der Waals surface area contributed by atoms with E-state index in [1.165, 1.54) is 6.07 Å². The molecular weight excluding hydrogens is 460 g/mol. The van der Waals surface area contributed by atoms with Crippen LogP contribution in [-0.4, -0.2) is 23.9 Å². The van der Waals surface area contributed by atoms with E-state index in [1.807, 2.05) is 0 Å². The second-order valence-electron chi connectivity index (χ2n) is 5.96. The SMILES string of the molecule is N#Cc1ccccc1C1(C(F)(C(F)(F)F)C(F)(F)C(F)(F)F)C=C(Cl)[CH]C(Cl)=C1. The number of hydrogen-bond acceptors (Lipinski definition) is 1. The van der Waals surface area contributed by atoms with Crippen LogP contribution in [-0.2, 0) is 5.41 Å². The second kappa shape index (κ2) is 7.13. The normalized spacial score (nSPS) is 19.7. The van der Waals surface area contributed by atoms with Gasteiger partial charge in [0.05, 0.1) is 17.0 Å². The fraction of sp³-hybridized carbons (Fsp3) is 0.294. The molecule has 0 aromatic heterocycles. The summed E-state index contributed by atoms with van der Waals surface area (Å²) in [6.07, 6.45) is -13.0. The van der Waals surface area contributed by atoms with Crippen LogP contribution in [0.4, 0.5) is 39.5 Å². The first kappa shape index (κ1) is 23.4. The van der Waals surface area contributed by atoms with Crippen LogP contribution >= 0.6 is 23.2 Å². The molecule has 2 rings (SSSR count). The first-order chi connectivity index (χ1) is 13.0. The zero-order valence-corrected chi connectivity index (χ0v) is 15.2. The van der Waals surface area contributed by atoms with Gasteiger partial charge in [0.15, 0.2) is 0 Å². The zero-order valence-electron chi connectivity index (χ0n) is 13.6. The van der Waals surface area contributed by atoms with Crippen LogP contribution in [0.3, 0.4) is 0 Å². The Balaban J connectivity index is 3.13. The maximum Gasteiger partial charge on any atom is 0.457 e. The highest BCUT2D eigenvalue weighted by molar-refractivity contribution is 6.36. The molecule has 1 nitrogen and oxygen atoms in total. The predicted molar refractivity (Wildman–Crippen MR) is 85.9 cm³/mol. The van der Waals surface area contributed by atoms with E-state index in [0.717, 1.165) is 24.6 Å². The molecule has 157 valence electrons. The molecule has 29 heavy (non-hydrogen) atoms. The van der Waals surface area contributed by atoms with Gasteiger partial charge in [-0.05, 0) is 11.6 Å². The van der Waals surface area contributed by atoms with Gasteiger partial charge in [0, 0.05) is 16.5 Å². The third-order valence-electron chi connectivity index (χ3n) is 4.25. The lowest BCUT2D eigenvalue weighted by Crippen LogP contribution is -2.71. The lowest BCUT2D eigenvalue weighted by molar-refractivity contribution is -0.392. The summed E-state index contributed by atoms with van der Waals surface area (Å²) >= 11 is 11.2. The molecule has 0 fully saturated rings. The minimum atomic E-state index is -6.96. The van der Waals surface area contributed by atoms with Crippen LogP contribution in [0.2, 0.25) is 0 Å². The summed E-state index contributed by atoms with van der Waals surface area (Å²) in [7, 11) is 0. The Bertz CT molecular complexity index is 891. The van der Waals surface area contributed by atoms with Crippen molar-refractivity contribution < 1.29 is 39.5 Å². The van der Waals surface area contributed by atoms with Gasteiger partial charge in [-0.1, -0.05) is 53.6 Å². The van der Waals surface area contributed by atoms with E-state index in [1.54, 1.807) is 0 Å². The van der Waals surface area contributed by atoms with Crippen molar-refractivity contribution in [1.82, 2.24) is 0 Å². The van der Waals surface area contributed by atoms with Crippen molar-refractivity contribution in [2.24, 2.45) is 0 Å². The molecule has 0 N–H and O–H groups in total. The molecule has 1 atom stereocenters. The highest BCUT2D eigenvalue weighted by Crippen LogP contribution is 2.63. The van der Waals surface area contributed by atoms with Gasteiger partial charge >= 0.3 is 18.3 Å². The van der Waals surface area contributed by atoms with E-state index in [0.29, 0.717) is 6.07 Å². The molecule has 0 saturated heterocycles. The highest BCUT2D eigenvalue weighted by atomic mass is 35.5. The van der Waals surface area contributed by atoms with Crippen LogP contribution < -0.4 is 0 Å². The van der Waals surface area contributed by atoms with Gasteiger partial charge in [0.1, 0.15) is 0 Å². The molecule has 1 radical (unpaired) electrons. The van der Waals surface area contributed by atoms with E-state index in [-0.39, 0.29) is 12.2 Å². The van der Waals surface area contributed by atoms with Crippen molar-refractivity contribution in [3.8, 4) is 6.07 Å². The number of nitrogens with zero attached hydrogens (tertiary/aromatic N) is 1. The first-order valence-corrected chi connectivity index (χ1v) is 8.12. The summed E-state index contributed by atoms with van der Waals surface area (Å²) in [5, 5.41) is 7.47. The number of alkyl halides is 9. The average molecular weight is 467 g/mol. The van der Waals surface area contributed by atoms with Crippen molar-refractivity contribution >= 4 is 23.2 Å². The molecule has 0 amide bonds. The topological polar surface area (TPSA) is 23.8 Å². The molecule has 1 unspecified atom stereocenters. The van der Waals surface area contributed by atoms with Crippen LogP contribution in [0, 0.1) is 17.8 Å². The summed E-state index contributed by atoms with van der Waals surface area (Å²) in [6.45, 7) is 0. The molecule has 1 aromatic rings. The second-order valence-corrected chi connectivity index (χ2v) is 6.83. The Hall–Kier alpha value is -1.86. The third-order valence-corrected chi connectivity index (χ3v) is 4.69. The highest BCUT2D eigenvalue weighted by Gasteiger charge is 2.87. The van der Waals surface area contributed by atoms with Crippen LogP contribution in [0.25, 0.3) is 0 Å². The van der Waals surface area contributed by atoms with Crippen molar-refractivity contribution in [2.45, 2.75) is 29.4 Å². The maximum atomic E-state index is 15.5. The van der Waals surface area contributed by atoms with Crippen LogP contribution in [0.15, 0.2) is 46.5 Å². The molecule has 1 aliphatic rings. The number of halogens is 11. The monoisotopic (exact) mass is 466 g/mol. The Morgan fingerprint density at radius 3 is 1.69 bits per heavy atom. The summed E-state index contributed by atoms with van der Waals surface area (Å²) in [5.41, 5.74) is -12.2. The molecule has 0 aliphatic heterocycles. The van der Waals surface area contributed by atoms with Gasteiger partial charge in [0.25, 0.3) is 5.67 Å². The Kier molecular flexibility index (Phi) is 5.76. The standard InChI is InChI=1S/C17H7Cl2F9N/c18-10-5-11(19)7-13(6-10,12-4-2-1-3-9(12)8-29)14(20,16(23,24)25)15(21,22)17(26,27)28/h1-7H. The summed E-state index contributed by atoms with van der Waals surface area (Å²) in [6, 6.07) is 4.80. The van der Waals surface area contributed by atoms with E-state index in [4.69, 9.17) is 28.5 Å². The summed E-state index contributed by atoms with van der Waals surface area (Å²) in [4.78, 5) is 0. The number of allylic oxidation sites excluding steroid dienone is 4. The van der Waals surface area contributed by atoms with Crippen molar-refractivity contribution in [3.63, 3.8) is 0 Å². The lowest BCUT2D eigenvalue weighted by atomic mass is 9.62. The van der Waals surface area contributed by atoms with Crippen LogP contribution in [0.5, 0.6) is 0 Å². The van der Waals surface area contributed by atoms with Gasteiger partial charge in [-0.25, -0.2) is 4.39 Å². The van der Waals surface area contributed by atoms with Crippen molar-refractivity contribution in [1.29, 1.82) is 5.26 Å². The van der Waals surface area contributed by atoms with Gasteiger partial charge in [-0.15, -0.1) is 0 Å². The molecule has 0 spiro atoms. The van der Waals surface area contributed by atoms with Crippen molar-refractivity contribution in [2.75, 3.05) is 0 Å². The molecule has 0 bridgehead atoms. The molecule has 0 saturated carbocycles. The van der Waals surface area contributed by atoms with Gasteiger partial charge in [-0.2, -0.15) is 40.4 Å². The lowest BCUT2D eigenvalue weighted by Gasteiger charge is -2.48. The Labute approximate surface area is 168 Å². The van der Waals surface area contributed by atoms with Gasteiger partial charge in [-0.3, -0.25) is 0 Å². The Morgan fingerprint density at radius 1 is 0.793 bits per heavy atom. The summed E-state index contributed by atoms with van der Waals surface area (Å²) in [5.74, 6) is -6.96. The quantitative estimate of drug-likeness (QED) is 0.453. The fourth-order valence-corrected chi connectivity index (χ4v) is 3.68. The minimum Gasteiger partial charge on any atom is -0.225 e. The van der Waals surface area contributed by atoms with E-state index < -0.39 is 50.6 Å². The molecule has 12 heteroatoms. The Morgan fingerprint density at radius 2 is 1.28 bits per heavy atom. The third kappa shape index (κ3) is 3.38. The molecule has 1 aliphatic carbocycles. The molecule has 0 heterocycles. The van der Waals surface area contributed by atoms with E-state index in [2.05, 4.69) is 0 Å². The minimum absolute atomic E-state index is 0.0315. The van der Waals surface area contributed by atoms with E-state index >= 15 is 4.39 Å². The number of nitriles is 1. The van der Waals surface area contributed by atoms with Gasteiger partial charge in [0.2, 0.25) is 0 Å². The first-order valence-electron chi connectivity index (χ1n) is 7.36. The van der Waals surface area contributed by atoms with Crippen molar-refractivity contribution in [3.05, 3.63) is 64.0 Å². The number of benzene rings is 1. The number of hydrogen-bond donors (Lipinski definition) is 0. The van der Waals surface area contributed by atoms with E-state index in [9.17, 15) is 35.1 Å². The average Bonchev–Trinajstić information content (AvgIpc) is 2.57. The summed E-state index contributed by atoms with van der Waals surface area (Å²) < 4.78 is 124. The largest absolute Gasteiger partial charge is 0.457 e. The number of rotatable bonds is 3. The zero-order chi connectivity index (χ0) is 22.5. The molecule has 1 aromatic carbocycles.